The van der Waals surface area contributed by atoms with E-state index >= 15 is 0 Å². The van der Waals surface area contributed by atoms with E-state index in [0.29, 0.717) is 28.7 Å². The molecule has 4 nitrogen and oxygen atoms in total. The monoisotopic (exact) mass is 387 g/mol. The van der Waals surface area contributed by atoms with Crippen LogP contribution in [-0.4, -0.2) is 15.9 Å². The summed E-state index contributed by atoms with van der Waals surface area (Å²) in [5, 5.41) is 4.78. The van der Waals surface area contributed by atoms with Crippen molar-refractivity contribution in [2.24, 2.45) is 5.10 Å². The Morgan fingerprint density at radius 3 is 2.71 bits per heavy atom. The molecule has 3 aromatic rings. The van der Waals surface area contributed by atoms with Crippen molar-refractivity contribution < 1.29 is 4.39 Å². The molecule has 0 saturated carbocycles. The maximum atomic E-state index is 13.0. The van der Waals surface area contributed by atoms with Crippen molar-refractivity contribution >= 4 is 33.0 Å². The van der Waals surface area contributed by atoms with Gasteiger partial charge < -0.3 is 0 Å². The molecule has 0 aliphatic carbocycles. The summed E-state index contributed by atoms with van der Waals surface area (Å²) in [5.74, 6) is 0.295. The summed E-state index contributed by atoms with van der Waals surface area (Å²) in [6, 6.07) is 11.3. The van der Waals surface area contributed by atoms with Gasteiger partial charge in [-0.2, -0.15) is 9.78 Å². The van der Waals surface area contributed by atoms with Gasteiger partial charge in [0, 0.05) is 10.9 Å². The van der Waals surface area contributed by atoms with Gasteiger partial charge in [0.25, 0.3) is 5.56 Å². The van der Waals surface area contributed by atoms with Crippen LogP contribution in [0.2, 0.25) is 0 Å². The summed E-state index contributed by atoms with van der Waals surface area (Å²) in [7, 11) is 0. The second-order valence-electron chi connectivity index (χ2n) is 5.35. The van der Waals surface area contributed by atoms with Crippen LogP contribution in [-0.2, 0) is 6.42 Å². The molecule has 0 aliphatic rings. The molecular weight excluding hydrogens is 373 g/mol. The number of benzene rings is 2. The van der Waals surface area contributed by atoms with Gasteiger partial charge >= 0.3 is 0 Å². The number of nitrogens with zero attached hydrogens (tertiary/aromatic N) is 3. The molecule has 24 heavy (non-hydrogen) atoms. The number of halogens is 2. The fraction of sp³-hybridized carbons (Fsp3) is 0.167. The Hall–Kier alpha value is -2.34. The van der Waals surface area contributed by atoms with Crippen molar-refractivity contribution in [3.05, 3.63) is 74.5 Å². The van der Waals surface area contributed by atoms with Crippen molar-refractivity contribution in [2.75, 3.05) is 0 Å². The van der Waals surface area contributed by atoms with E-state index in [2.05, 4.69) is 26.0 Å². The molecule has 0 saturated heterocycles. The Bertz CT molecular complexity index is 964. The van der Waals surface area contributed by atoms with Gasteiger partial charge in [0.05, 0.1) is 17.1 Å². The quantitative estimate of drug-likeness (QED) is 0.631. The lowest BCUT2D eigenvalue weighted by Gasteiger charge is -2.08. The summed E-state index contributed by atoms with van der Waals surface area (Å²) in [4.78, 5) is 17.3. The molecule has 0 bridgehead atoms. The Morgan fingerprint density at radius 1 is 1.25 bits per heavy atom. The van der Waals surface area contributed by atoms with Crippen LogP contribution >= 0.6 is 15.9 Å². The molecule has 6 heteroatoms. The average molecular weight is 388 g/mol. The molecule has 1 heterocycles. The molecule has 3 rings (SSSR count). The summed E-state index contributed by atoms with van der Waals surface area (Å²) in [5.41, 5.74) is 1.14. The van der Waals surface area contributed by atoms with Crippen LogP contribution in [0.15, 0.2) is 56.8 Å². The predicted octanol–water partition coefficient (Wildman–Crippen LogP) is 4.13. The van der Waals surface area contributed by atoms with E-state index in [1.54, 1.807) is 18.2 Å². The number of hydrogen-bond donors (Lipinski definition) is 0. The van der Waals surface area contributed by atoms with Crippen LogP contribution in [0, 0.1) is 5.82 Å². The highest BCUT2D eigenvalue weighted by atomic mass is 79.9. The first-order valence-electron chi connectivity index (χ1n) is 7.59. The smallest absolute Gasteiger partial charge is 0.267 e. The third kappa shape index (κ3) is 3.43. The number of rotatable bonds is 4. The van der Waals surface area contributed by atoms with Crippen LogP contribution in [0.4, 0.5) is 4.39 Å². The molecule has 2 aromatic carbocycles. The third-order valence-corrected chi connectivity index (χ3v) is 4.03. The van der Waals surface area contributed by atoms with E-state index in [1.165, 1.54) is 23.0 Å². The maximum Gasteiger partial charge on any atom is 0.282 e. The minimum atomic E-state index is -0.312. The zero-order chi connectivity index (χ0) is 17.1. The fourth-order valence-electron chi connectivity index (χ4n) is 2.37. The first-order valence-corrected chi connectivity index (χ1v) is 8.39. The average Bonchev–Trinajstić information content (AvgIpc) is 2.57. The van der Waals surface area contributed by atoms with Crippen molar-refractivity contribution in [3.63, 3.8) is 0 Å². The largest absolute Gasteiger partial charge is 0.282 e. The van der Waals surface area contributed by atoms with Crippen molar-refractivity contribution in [1.29, 1.82) is 0 Å². The maximum absolute atomic E-state index is 13.0. The number of aromatic nitrogens is 2. The van der Waals surface area contributed by atoms with Crippen LogP contribution in [0.5, 0.6) is 0 Å². The number of fused-ring (bicyclic) bond motifs is 1. The van der Waals surface area contributed by atoms with Crippen LogP contribution in [0.3, 0.4) is 0 Å². The van der Waals surface area contributed by atoms with Crippen molar-refractivity contribution in [1.82, 2.24) is 9.66 Å². The highest BCUT2D eigenvalue weighted by molar-refractivity contribution is 9.10. The van der Waals surface area contributed by atoms with Gasteiger partial charge in [0.2, 0.25) is 0 Å². The normalized spacial score (nSPS) is 11.5. The van der Waals surface area contributed by atoms with Gasteiger partial charge in [-0.25, -0.2) is 9.37 Å². The number of hydrogen-bond acceptors (Lipinski definition) is 3. The molecule has 0 spiro atoms. The van der Waals surface area contributed by atoms with E-state index < -0.39 is 0 Å². The Kier molecular flexibility index (Phi) is 4.85. The molecule has 0 fully saturated rings. The lowest BCUT2D eigenvalue weighted by atomic mass is 10.2. The van der Waals surface area contributed by atoms with Crippen LogP contribution < -0.4 is 5.56 Å². The first kappa shape index (κ1) is 16.5. The van der Waals surface area contributed by atoms with Gasteiger partial charge in [-0.05, 0) is 42.3 Å². The summed E-state index contributed by atoms with van der Waals surface area (Å²) in [6.45, 7) is 2.02. The van der Waals surface area contributed by atoms with Crippen molar-refractivity contribution in [3.8, 4) is 0 Å². The molecule has 1 aromatic heterocycles. The van der Waals surface area contributed by atoms with E-state index in [4.69, 9.17) is 0 Å². The minimum absolute atomic E-state index is 0.219. The Balaban J connectivity index is 2.13. The van der Waals surface area contributed by atoms with Crippen molar-refractivity contribution in [2.45, 2.75) is 19.8 Å². The molecule has 0 unspecified atom stereocenters. The molecule has 0 aliphatic heterocycles. The van der Waals surface area contributed by atoms with Gasteiger partial charge in [-0.3, -0.25) is 4.79 Å². The number of aryl methyl sites for hydroxylation is 1. The minimum Gasteiger partial charge on any atom is -0.267 e. The van der Waals surface area contributed by atoms with E-state index in [9.17, 15) is 9.18 Å². The van der Waals surface area contributed by atoms with Crippen LogP contribution in [0.25, 0.3) is 10.9 Å². The third-order valence-electron chi connectivity index (χ3n) is 3.54. The summed E-state index contributed by atoms with van der Waals surface area (Å²) in [6.07, 6.45) is 3.02. The fourth-order valence-corrected chi connectivity index (χ4v) is 2.73. The second kappa shape index (κ2) is 7.05. The predicted molar refractivity (Wildman–Crippen MR) is 97.1 cm³/mol. The van der Waals surface area contributed by atoms with Crippen LogP contribution in [0.1, 0.15) is 24.7 Å². The van der Waals surface area contributed by atoms with Gasteiger partial charge in [-0.1, -0.05) is 35.0 Å². The van der Waals surface area contributed by atoms with E-state index in [0.717, 1.165) is 10.9 Å². The highest BCUT2D eigenvalue weighted by Gasteiger charge is 2.10. The zero-order valence-electron chi connectivity index (χ0n) is 13.0. The lowest BCUT2D eigenvalue weighted by Crippen LogP contribution is -2.22. The Labute approximate surface area is 146 Å². The summed E-state index contributed by atoms with van der Waals surface area (Å²) >= 11 is 3.37. The molecule has 122 valence electrons. The SMILES string of the molecule is CCCc1nc2ccc(Br)cc2c(=O)n1N=Cc1ccc(F)cc1. The second-order valence-corrected chi connectivity index (χ2v) is 6.27. The molecule has 0 amide bonds. The zero-order valence-corrected chi connectivity index (χ0v) is 14.6. The van der Waals surface area contributed by atoms with E-state index in [1.807, 2.05) is 19.1 Å². The molecule has 0 N–H and O–H groups in total. The first-order chi connectivity index (χ1) is 11.6. The summed E-state index contributed by atoms with van der Waals surface area (Å²) < 4.78 is 15.1. The van der Waals surface area contributed by atoms with E-state index in [-0.39, 0.29) is 11.4 Å². The molecule has 0 atom stereocenters. The van der Waals surface area contributed by atoms with Gasteiger partial charge in [0.1, 0.15) is 11.6 Å². The molecular formula is C18H15BrFN3O. The highest BCUT2D eigenvalue weighted by Crippen LogP contribution is 2.16. The molecule has 0 radical (unpaired) electrons. The van der Waals surface area contributed by atoms with Gasteiger partial charge in [0.15, 0.2) is 0 Å². The lowest BCUT2D eigenvalue weighted by molar-refractivity contribution is 0.628. The van der Waals surface area contributed by atoms with Gasteiger partial charge in [-0.15, -0.1) is 0 Å². The standard InChI is InChI=1S/C18H15BrFN3O/c1-2-3-17-22-16-9-6-13(19)10-15(16)18(24)23(17)21-11-12-4-7-14(20)8-5-12/h4-11H,2-3H2,1H3. The topological polar surface area (TPSA) is 47.2 Å². The Morgan fingerprint density at radius 2 is 2.00 bits per heavy atom.